The molecule has 2 rings (SSSR count). The summed E-state index contributed by atoms with van der Waals surface area (Å²) in [6.45, 7) is 7.63. The number of aromatic nitrogens is 3. The van der Waals surface area contributed by atoms with E-state index in [0.717, 1.165) is 29.7 Å². The van der Waals surface area contributed by atoms with Gasteiger partial charge in [-0.2, -0.15) is 0 Å². The van der Waals surface area contributed by atoms with Crippen LogP contribution in [0.2, 0.25) is 0 Å². The molecule has 0 amide bonds. The minimum absolute atomic E-state index is 0.348. The predicted molar refractivity (Wildman–Crippen MR) is 81.3 cm³/mol. The molecule has 1 N–H and O–H groups in total. The van der Waals surface area contributed by atoms with Crippen LogP contribution in [0.25, 0.3) is 0 Å². The molecule has 0 saturated carbocycles. The Morgan fingerprint density at radius 3 is 2.53 bits per heavy atom. The number of nitrogens with zero attached hydrogens (tertiary/aromatic N) is 4. The Bertz CT molecular complexity index is 454. The Balaban J connectivity index is 2.04. The first kappa shape index (κ1) is 14.5. The number of aromatic amines is 1. The first-order valence-electron chi connectivity index (χ1n) is 7.05. The van der Waals surface area contributed by atoms with Crippen LogP contribution in [0.4, 0.5) is 5.95 Å². The molecule has 0 radical (unpaired) electrons. The summed E-state index contributed by atoms with van der Waals surface area (Å²) in [4.78, 5) is 4.64. The highest BCUT2D eigenvalue weighted by atomic mass is 32.1. The number of anilines is 1. The summed E-state index contributed by atoms with van der Waals surface area (Å²) in [5, 5.41) is 7.33. The molecule has 1 saturated heterocycles. The van der Waals surface area contributed by atoms with Crippen molar-refractivity contribution in [3.63, 3.8) is 0 Å². The van der Waals surface area contributed by atoms with E-state index in [2.05, 4.69) is 52.5 Å². The van der Waals surface area contributed by atoms with Gasteiger partial charge in [-0.25, -0.2) is 5.10 Å². The molecule has 2 heterocycles. The van der Waals surface area contributed by atoms with Gasteiger partial charge in [-0.15, -0.1) is 5.10 Å². The van der Waals surface area contributed by atoms with Gasteiger partial charge < -0.3 is 9.80 Å². The number of rotatable bonds is 4. The average Bonchev–Trinajstić information content (AvgIpc) is 2.71. The van der Waals surface area contributed by atoms with E-state index in [4.69, 9.17) is 12.2 Å². The maximum absolute atomic E-state index is 5.31. The third-order valence-corrected chi connectivity index (χ3v) is 4.01. The number of nitrogens with one attached hydrogen (secondary N) is 1. The quantitative estimate of drug-likeness (QED) is 0.861. The van der Waals surface area contributed by atoms with Crippen molar-refractivity contribution in [1.29, 1.82) is 0 Å². The van der Waals surface area contributed by atoms with Crippen molar-refractivity contribution in [2.24, 2.45) is 5.92 Å². The van der Waals surface area contributed by atoms with E-state index in [0.29, 0.717) is 6.04 Å². The van der Waals surface area contributed by atoms with Crippen molar-refractivity contribution in [2.45, 2.75) is 32.7 Å². The lowest BCUT2D eigenvalue weighted by Gasteiger charge is -2.34. The second-order valence-electron chi connectivity index (χ2n) is 5.99. The molecule has 0 spiro atoms. The highest BCUT2D eigenvalue weighted by Gasteiger charge is 2.23. The molecule has 0 bridgehead atoms. The van der Waals surface area contributed by atoms with Crippen molar-refractivity contribution in [3.05, 3.63) is 4.77 Å². The van der Waals surface area contributed by atoms with E-state index in [1.165, 1.54) is 19.4 Å². The summed E-state index contributed by atoms with van der Waals surface area (Å²) in [5.74, 6) is 1.81. The molecule has 0 aliphatic carbocycles. The molecule has 5 nitrogen and oxygen atoms in total. The van der Waals surface area contributed by atoms with Crippen LogP contribution in [-0.2, 0) is 0 Å². The molecule has 1 aromatic rings. The minimum atomic E-state index is 0.348. The van der Waals surface area contributed by atoms with Gasteiger partial charge in [-0.1, -0.05) is 0 Å². The summed E-state index contributed by atoms with van der Waals surface area (Å²) in [6, 6.07) is 0.348. The summed E-state index contributed by atoms with van der Waals surface area (Å²) >= 11 is 5.31. The Hall–Kier alpha value is -0.880. The summed E-state index contributed by atoms with van der Waals surface area (Å²) in [6.07, 6.45) is 2.46. The standard InChI is InChI=1S/C13H25N5S/c1-10(2)18-12(14-15-13(18)19)17-7-5-11(6-8-17)9-16(3)4/h10-11H,5-9H2,1-4H3,(H,15,19). The fourth-order valence-electron chi connectivity index (χ4n) is 2.82. The Morgan fingerprint density at radius 1 is 1.37 bits per heavy atom. The second-order valence-corrected chi connectivity index (χ2v) is 6.37. The zero-order valence-corrected chi connectivity index (χ0v) is 13.2. The highest BCUT2D eigenvalue weighted by Crippen LogP contribution is 2.24. The molecule has 108 valence electrons. The highest BCUT2D eigenvalue weighted by molar-refractivity contribution is 7.71. The first-order chi connectivity index (χ1) is 8.99. The molecule has 0 unspecified atom stereocenters. The van der Waals surface area contributed by atoms with Crippen LogP contribution in [0.1, 0.15) is 32.7 Å². The van der Waals surface area contributed by atoms with Gasteiger partial charge in [0, 0.05) is 25.7 Å². The lowest BCUT2D eigenvalue weighted by Crippen LogP contribution is -2.38. The van der Waals surface area contributed by atoms with Gasteiger partial charge in [0.2, 0.25) is 5.95 Å². The molecule has 1 aliphatic rings. The van der Waals surface area contributed by atoms with Gasteiger partial charge in [-0.3, -0.25) is 4.57 Å². The van der Waals surface area contributed by atoms with Crippen LogP contribution < -0.4 is 4.90 Å². The summed E-state index contributed by atoms with van der Waals surface area (Å²) in [5.41, 5.74) is 0. The van der Waals surface area contributed by atoms with Crippen LogP contribution in [0.3, 0.4) is 0 Å². The lowest BCUT2D eigenvalue weighted by atomic mass is 9.97. The van der Waals surface area contributed by atoms with Crippen LogP contribution >= 0.6 is 12.2 Å². The van der Waals surface area contributed by atoms with E-state index < -0.39 is 0 Å². The second kappa shape index (κ2) is 6.05. The van der Waals surface area contributed by atoms with Gasteiger partial charge in [0.05, 0.1) is 0 Å². The van der Waals surface area contributed by atoms with Gasteiger partial charge in [0.25, 0.3) is 0 Å². The first-order valence-corrected chi connectivity index (χ1v) is 7.46. The van der Waals surface area contributed by atoms with E-state index in [1.54, 1.807) is 0 Å². The number of piperidine rings is 1. The van der Waals surface area contributed by atoms with Crippen LogP contribution in [0, 0.1) is 10.7 Å². The van der Waals surface area contributed by atoms with E-state index in [9.17, 15) is 0 Å². The van der Waals surface area contributed by atoms with E-state index in [-0.39, 0.29) is 0 Å². The van der Waals surface area contributed by atoms with Crippen molar-refractivity contribution in [1.82, 2.24) is 19.7 Å². The third-order valence-electron chi connectivity index (χ3n) is 3.72. The molecule has 0 aromatic carbocycles. The van der Waals surface area contributed by atoms with Crippen LogP contribution in [-0.4, -0.2) is 53.4 Å². The minimum Gasteiger partial charge on any atom is -0.341 e. The molecule has 19 heavy (non-hydrogen) atoms. The number of hydrogen-bond acceptors (Lipinski definition) is 4. The van der Waals surface area contributed by atoms with Gasteiger partial charge in [-0.05, 0) is 58.9 Å². The molecule has 1 fully saturated rings. The lowest BCUT2D eigenvalue weighted by molar-refractivity contribution is 0.283. The van der Waals surface area contributed by atoms with Crippen LogP contribution in [0.5, 0.6) is 0 Å². The van der Waals surface area contributed by atoms with Gasteiger partial charge in [0.1, 0.15) is 0 Å². The summed E-state index contributed by atoms with van der Waals surface area (Å²) in [7, 11) is 4.30. The van der Waals surface area contributed by atoms with Crippen molar-refractivity contribution in [3.8, 4) is 0 Å². The Morgan fingerprint density at radius 2 is 2.00 bits per heavy atom. The fraction of sp³-hybridized carbons (Fsp3) is 0.846. The van der Waals surface area contributed by atoms with E-state index in [1.807, 2.05) is 0 Å². The van der Waals surface area contributed by atoms with Crippen molar-refractivity contribution < 1.29 is 0 Å². The smallest absolute Gasteiger partial charge is 0.225 e. The number of hydrogen-bond donors (Lipinski definition) is 1. The predicted octanol–water partition coefficient (Wildman–Crippen LogP) is 2.30. The van der Waals surface area contributed by atoms with E-state index >= 15 is 0 Å². The third kappa shape index (κ3) is 3.36. The maximum atomic E-state index is 5.31. The zero-order valence-electron chi connectivity index (χ0n) is 12.4. The van der Waals surface area contributed by atoms with Crippen LogP contribution in [0.15, 0.2) is 0 Å². The van der Waals surface area contributed by atoms with Gasteiger partial charge in [0.15, 0.2) is 4.77 Å². The normalized spacial score (nSPS) is 17.7. The number of H-pyrrole nitrogens is 1. The molecular weight excluding hydrogens is 258 g/mol. The molecule has 1 aromatic heterocycles. The molecule has 1 aliphatic heterocycles. The van der Waals surface area contributed by atoms with Crippen molar-refractivity contribution in [2.75, 3.05) is 38.6 Å². The Labute approximate surface area is 120 Å². The monoisotopic (exact) mass is 283 g/mol. The molecule has 0 atom stereocenters. The average molecular weight is 283 g/mol. The largest absolute Gasteiger partial charge is 0.341 e. The molecule has 6 heteroatoms. The topological polar surface area (TPSA) is 40.1 Å². The molecular formula is C13H25N5S. The maximum Gasteiger partial charge on any atom is 0.225 e. The SMILES string of the molecule is CC(C)n1c(N2CCC(CN(C)C)CC2)n[nH]c1=S. The van der Waals surface area contributed by atoms with Gasteiger partial charge >= 0.3 is 0 Å². The Kier molecular flexibility index (Phi) is 4.62. The summed E-state index contributed by atoms with van der Waals surface area (Å²) < 4.78 is 2.84. The fourth-order valence-corrected chi connectivity index (χ4v) is 3.15. The zero-order chi connectivity index (χ0) is 14.0. The van der Waals surface area contributed by atoms with Crippen molar-refractivity contribution >= 4 is 18.2 Å².